The molecule has 1 aromatic heterocycles. The number of carboxylic acid groups (broad SMARTS) is 1. The Morgan fingerprint density at radius 1 is 1.48 bits per heavy atom. The molecule has 0 fully saturated rings. The third-order valence-electron chi connectivity index (χ3n) is 2.82. The summed E-state index contributed by atoms with van der Waals surface area (Å²) in [5.74, 6) is -1.22. The number of hydrogen-bond acceptors (Lipinski definition) is 6. The van der Waals surface area contributed by atoms with E-state index in [2.05, 4.69) is 4.98 Å². The third-order valence-corrected chi connectivity index (χ3v) is 4.37. The highest BCUT2D eigenvalue weighted by molar-refractivity contribution is 7.89. The average Bonchev–Trinajstić information content (AvgIpc) is 2.89. The van der Waals surface area contributed by atoms with Crippen LogP contribution in [0.1, 0.15) is 16.1 Å². The summed E-state index contributed by atoms with van der Waals surface area (Å²) in [6.45, 7) is 0.415. The SMILES string of the molecule is CN(Cc1cscn1)c1ccc(S(N)(=O)=O)cc1C(=O)O. The van der Waals surface area contributed by atoms with Gasteiger partial charge in [0.15, 0.2) is 0 Å². The number of carbonyl (C=O) groups is 1. The number of thiazole rings is 1. The molecule has 7 nitrogen and oxygen atoms in total. The van der Waals surface area contributed by atoms with Gasteiger partial charge in [0.05, 0.1) is 33.9 Å². The Morgan fingerprint density at radius 2 is 2.19 bits per heavy atom. The lowest BCUT2D eigenvalue weighted by molar-refractivity contribution is 0.0697. The molecule has 0 aliphatic heterocycles. The second-order valence-electron chi connectivity index (χ2n) is 4.36. The molecule has 0 unspecified atom stereocenters. The van der Waals surface area contributed by atoms with Crippen LogP contribution >= 0.6 is 11.3 Å². The largest absolute Gasteiger partial charge is 0.478 e. The van der Waals surface area contributed by atoms with E-state index in [1.807, 2.05) is 5.38 Å². The highest BCUT2D eigenvalue weighted by Crippen LogP contribution is 2.24. The van der Waals surface area contributed by atoms with Crippen LogP contribution in [0.2, 0.25) is 0 Å². The van der Waals surface area contributed by atoms with Crippen molar-refractivity contribution in [2.24, 2.45) is 5.14 Å². The zero-order chi connectivity index (χ0) is 15.6. The van der Waals surface area contributed by atoms with E-state index < -0.39 is 16.0 Å². The monoisotopic (exact) mass is 327 g/mol. The van der Waals surface area contributed by atoms with Gasteiger partial charge < -0.3 is 10.0 Å². The molecule has 1 heterocycles. The zero-order valence-electron chi connectivity index (χ0n) is 11.1. The molecule has 3 N–H and O–H groups in total. The van der Waals surface area contributed by atoms with Gasteiger partial charge in [0.25, 0.3) is 0 Å². The van der Waals surface area contributed by atoms with Gasteiger partial charge in [-0.15, -0.1) is 11.3 Å². The summed E-state index contributed by atoms with van der Waals surface area (Å²) in [4.78, 5) is 16.9. The Labute approximate surface area is 125 Å². The molecule has 112 valence electrons. The fourth-order valence-electron chi connectivity index (χ4n) is 1.84. The minimum absolute atomic E-state index is 0.126. The maximum atomic E-state index is 11.3. The van der Waals surface area contributed by atoms with E-state index in [4.69, 9.17) is 5.14 Å². The Kier molecular flexibility index (Phi) is 4.26. The number of aromatic carboxylic acids is 1. The second kappa shape index (κ2) is 5.80. The van der Waals surface area contributed by atoms with E-state index in [1.165, 1.54) is 23.5 Å². The van der Waals surface area contributed by atoms with Crippen LogP contribution in [0.4, 0.5) is 5.69 Å². The van der Waals surface area contributed by atoms with Crippen LogP contribution in [-0.4, -0.2) is 31.5 Å². The van der Waals surface area contributed by atoms with Crippen LogP contribution in [0.3, 0.4) is 0 Å². The number of anilines is 1. The molecule has 0 amide bonds. The molecule has 0 radical (unpaired) electrons. The number of hydrogen-bond donors (Lipinski definition) is 2. The number of aromatic nitrogens is 1. The smallest absolute Gasteiger partial charge is 0.337 e. The standard InChI is InChI=1S/C12H13N3O4S2/c1-15(5-8-6-20-7-14-8)11-3-2-9(21(13,18)19)4-10(11)12(16)17/h2-4,6-7H,5H2,1H3,(H,16,17)(H2,13,18,19). The zero-order valence-corrected chi connectivity index (χ0v) is 12.7. The van der Waals surface area contributed by atoms with Crippen LogP contribution in [0.25, 0.3) is 0 Å². The fraction of sp³-hybridized carbons (Fsp3) is 0.167. The first-order valence-corrected chi connectivity index (χ1v) is 8.26. The number of sulfonamides is 1. The summed E-state index contributed by atoms with van der Waals surface area (Å²) >= 11 is 1.44. The minimum atomic E-state index is -3.94. The molecule has 0 saturated heterocycles. The van der Waals surface area contributed by atoms with Crippen LogP contribution in [0, 0.1) is 0 Å². The Balaban J connectivity index is 2.41. The van der Waals surface area contributed by atoms with E-state index in [1.54, 1.807) is 17.5 Å². The summed E-state index contributed by atoms with van der Waals surface area (Å²) in [5, 5.41) is 16.1. The highest BCUT2D eigenvalue weighted by atomic mass is 32.2. The molecule has 0 atom stereocenters. The van der Waals surface area contributed by atoms with Crippen LogP contribution in [-0.2, 0) is 16.6 Å². The molecule has 1 aromatic carbocycles. The van der Waals surface area contributed by atoms with Gasteiger partial charge in [-0.1, -0.05) is 0 Å². The van der Waals surface area contributed by atoms with Crippen LogP contribution in [0.5, 0.6) is 0 Å². The Hall–Kier alpha value is -1.97. The summed E-state index contributed by atoms with van der Waals surface area (Å²) in [6.07, 6.45) is 0. The molecule has 2 rings (SSSR count). The average molecular weight is 327 g/mol. The summed E-state index contributed by atoms with van der Waals surface area (Å²) < 4.78 is 22.6. The van der Waals surface area contributed by atoms with E-state index in [-0.39, 0.29) is 10.5 Å². The first kappa shape index (κ1) is 15.4. The summed E-state index contributed by atoms with van der Waals surface area (Å²) in [5.41, 5.74) is 2.75. The fourth-order valence-corrected chi connectivity index (χ4v) is 2.93. The number of primary sulfonamides is 1. The molecule has 2 aromatic rings. The maximum Gasteiger partial charge on any atom is 0.337 e. The van der Waals surface area contributed by atoms with Crippen molar-refractivity contribution >= 4 is 33.0 Å². The van der Waals surface area contributed by atoms with E-state index in [0.717, 1.165) is 11.8 Å². The molecular formula is C12H13N3O4S2. The van der Waals surface area contributed by atoms with E-state index in [9.17, 15) is 18.3 Å². The van der Waals surface area contributed by atoms with E-state index in [0.29, 0.717) is 12.2 Å². The topological polar surface area (TPSA) is 114 Å². The van der Waals surface area contributed by atoms with Crippen molar-refractivity contribution < 1.29 is 18.3 Å². The molecule has 21 heavy (non-hydrogen) atoms. The molecule has 0 spiro atoms. The van der Waals surface area contributed by atoms with Gasteiger partial charge in [-0.3, -0.25) is 0 Å². The number of benzene rings is 1. The molecular weight excluding hydrogens is 314 g/mol. The van der Waals surface area contributed by atoms with Gasteiger partial charge in [-0.05, 0) is 18.2 Å². The van der Waals surface area contributed by atoms with Gasteiger partial charge in [0.1, 0.15) is 0 Å². The Morgan fingerprint density at radius 3 is 2.71 bits per heavy atom. The van der Waals surface area contributed by atoms with E-state index >= 15 is 0 Å². The second-order valence-corrected chi connectivity index (χ2v) is 6.65. The predicted octanol–water partition coefficient (Wildman–Crippen LogP) is 1.13. The number of carboxylic acids is 1. The molecule has 0 aliphatic carbocycles. The predicted molar refractivity (Wildman–Crippen MR) is 79.0 cm³/mol. The number of nitrogens with zero attached hydrogens (tertiary/aromatic N) is 2. The molecule has 9 heteroatoms. The molecule has 0 bridgehead atoms. The van der Waals surface area contributed by atoms with Crippen molar-refractivity contribution in [1.82, 2.24) is 4.98 Å². The van der Waals surface area contributed by atoms with Crippen LogP contribution < -0.4 is 10.0 Å². The lowest BCUT2D eigenvalue weighted by Gasteiger charge is -2.20. The Bertz CT molecular complexity index is 757. The quantitative estimate of drug-likeness (QED) is 0.851. The maximum absolute atomic E-state index is 11.3. The minimum Gasteiger partial charge on any atom is -0.478 e. The van der Waals surface area contributed by atoms with Gasteiger partial charge >= 0.3 is 5.97 Å². The van der Waals surface area contributed by atoms with Crippen molar-refractivity contribution in [1.29, 1.82) is 0 Å². The first-order valence-electron chi connectivity index (χ1n) is 5.77. The highest BCUT2D eigenvalue weighted by Gasteiger charge is 2.18. The molecule has 0 aliphatic rings. The van der Waals surface area contributed by atoms with Gasteiger partial charge in [-0.25, -0.2) is 23.3 Å². The van der Waals surface area contributed by atoms with Crippen molar-refractivity contribution in [2.75, 3.05) is 11.9 Å². The number of nitrogens with two attached hydrogens (primary N) is 1. The number of rotatable bonds is 5. The van der Waals surface area contributed by atoms with Gasteiger partial charge in [0, 0.05) is 12.4 Å². The third kappa shape index (κ3) is 3.57. The van der Waals surface area contributed by atoms with Crippen molar-refractivity contribution in [3.8, 4) is 0 Å². The van der Waals surface area contributed by atoms with Crippen molar-refractivity contribution in [3.05, 3.63) is 40.3 Å². The summed E-state index contributed by atoms with van der Waals surface area (Å²) in [6, 6.07) is 3.77. The normalized spacial score (nSPS) is 11.3. The molecule has 0 saturated carbocycles. The first-order chi connectivity index (χ1) is 9.79. The van der Waals surface area contributed by atoms with Crippen molar-refractivity contribution in [3.63, 3.8) is 0 Å². The van der Waals surface area contributed by atoms with Gasteiger partial charge in [0.2, 0.25) is 10.0 Å². The lowest BCUT2D eigenvalue weighted by Crippen LogP contribution is -2.21. The van der Waals surface area contributed by atoms with Crippen molar-refractivity contribution in [2.45, 2.75) is 11.4 Å². The lowest BCUT2D eigenvalue weighted by atomic mass is 10.1. The van der Waals surface area contributed by atoms with Gasteiger partial charge in [-0.2, -0.15) is 0 Å². The van der Waals surface area contributed by atoms with Crippen LogP contribution in [0.15, 0.2) is 34.0 Å². The summed E-state index contributed by atoms with van der Waals surface area (Å²) in [7, 11) is -2.24.